The molecule has 77 valence electrons. The maximum atomic E-state index is 11.2. The summed E-state index contributed by atoms with van der Waals surface area (Å²) in [4.78, 5) is 11.2. The number of carbonyl (C=O) groups is 1. The minimum atomic E-state index is -0.0696. The second kappa shape index (κ2) is 7.60. The van der Waals surface area contributed by atoms with Crippen molar-refractivity contribution in [2.75, 3.05) is 7.05 Å². The predicted octanol–water partition coefficient (Wildman–Crippen LogP) is 1.08. The number of nitrogens with one attached hydrogen (secondary N) is 2. The molecule has 1 radical (unpaired) electrons. The van der Waals surface area contributed by atoms with Gasteiger partial charge < -0.3 is 16.8 Å². The van der Waals surface area contributed by atoms with Crippen LogP contribution in [-0.4, -0.2) is 13.0 Å². The Hall–Kier alpha value is -0.666. The van der Waals surface area contributed by atoms with E-state index in [1.54, 1.807) is 19.2 Å². The molecule has 0 atom stereocenters. The molecule has 1 rings (SSSR count). The van der Waals surface area contributed by atoms with E-state index in [2.05, 4.69) is 23.4 Å². The first-order valence-corrected chi connectivity index (χ1v) is 4.34. The van der Waals surface area contributed by atoms with E-state index in [0.29, 0.717) is 12.1 Å². The number of carbonyl (C=O) groups excluding carboxylic acids is 1. The third-order valence-corrected chi connectivity index (χ3v) is 1.86. The molecule has 0 aromatic heterocycles. The zero-order valence-corrected chi connectivity index (χ0v) is 11.5. The Bertz CT molecular complexity index is 322. The van der Waals surface area contributed by atoms with Crippen LogP contribution in [0.2, 0.25) is 0 Å². The Morgan fingerprint density at radius 1 is 1.40 bits per heavy atom. The van der Waals surface area contributed by atoms with Crippen molar-refractivity contribution in [3.63, 3.8) is 0 Å². The second-order valence-corrected chi connectivity index (χ2v) is 2.81. The summed E-state index contributed by atoms with van der Waals surface area (Å²) in [5.41, 5.74) is 1.76. The number of amides is 1. The summed E-state index contributed by atoms with van der Waals surface area (Å²) < 4.78 is 0. The first-order chi connectivity index (χ1) is 6.77. The molecular formula is C11H13N2OY-. The van der Waals surface area contributed by atoms with Crippen molar-refractivity contribution in [1.29, 1.82) is 0 Å². The standard InChI is InChI=1S/C11H13N2O.Y/c1-3-13-8-9-4-6-10(7-5-9)11(14)12-2;/h4-7,13H,1,8H2,2H3,(H,12,14);/q-1;. The van der Waals surface area contributed by atoms with E-state index in [4.69, 9.17) is 0 Å². The molecule has 0 saturated carbocycles. The van der Waals surface area contributed by atoms with Crippen molar-refractivity contribution in [3.8, 4) is 0 Å². The molecule has 0 bridgehead atoms. The molecule has 15 heavy (non-hydrogen) atoms. The minimum absolute atomic E-state index is 0. The second-order valence-electron chi connectivity index (χ2n) is 2.81. The number of hydrogen-bond acceptors (Lipinski definition) is 2. The van der Waals surface area contributed by atoms with Crippen molar-refractivity contribution < 1.29 is 37.5 Å². The zero-order valence-electron chi connectivity index (χ0n) is 8.71. The molecule has 0 fully saturated rings. The third-order valence-electron chi connectivity index (χ3n) is 1.86. The van der Waals surface area contributed by atoms with Gasteiger partial charge in [0.15, 0.2) is 0 Å². The average molecular weight is 278 g/mol. The first kappa shape index (κ1) is 14.3. The van der Waals surface area contributed by atoms with Gasteiger partial charge in [-0.2, -0.15) is 0 Å². The Balaban J connectivity index is 0.00000196. The number of rotatable bonds is 4. The normalized spacial score (nSPS) is 8.60. The van der Waals surface area contributed by atoms with Gasteiger partial charge in [-0.25, -0.2) is 0 Å². The molecule has 4 heteroatoms. The summed E-state index contributed by atoms with van der Waals surface area (Å²) in [5.74, 6) is -0.0696. The Kier molecular flexibility index (Phi) is 7.27. The summed E-state index contributed by atoms with van der Waals surface area (Å²) >= 11 is 0. The van der Waals surface area contributed by atoms with Crippen LogP contribution < -0.4 is 10.6 Å². The summed E-state index contributed by atoms with van der Waals surface area (Å²) in [5, 5.41) is 5.43. The first-order valence-electron chi connectivity index (χ1n) is 4.34. The molecule has 0 aliphatic heterocycles. The third kappa shape index (κ3) is 4.58. The molecule has 1 amide bonds. The van der Waals surface area contributed by atoms with E-state index in [9.17, 15) is 4.79 Å². The van der Waals surface area contributed by atoms with Crippen LogP contribution in [-0.2, 0) is 39.3 Å². The Morgan fingerprint density at radius 3 is 2.47 bits per heavy atom. The molecule has 2 N–H and O–H groups in total. The summed E-state index contributed by atoms with van der Waals surface area (Å²) in [7, 11) is 1.62. The average Bonchev–Trinajstić information content (AvgIpc) is 2.26. The van der Waals surface area contributed by atoms with E-state index in [-0.39, 0.29) is 38.6 Å². The fourth-order valence-corrected chi connectivity index (χ4v) is 1.08. The van der Waals surface area contributed by atoms with Gasteiger partial charge >= 0.3 is 0 Å². The van der Waals surface area contributed by atoms with E-state index in [0.717, 1.165) is 5.56 Å². The molecule has 1 aromatic rings. The smallest absolute Gasteiger partial charge is 0.251 e. The summed E-state index contributed by atoms with van der Waals surface area (Å²) in [6, 6.07) is 7.38. The van der Waals surface area contributed by atoms with Gasteiger partial charge in [0.05, 0.1) is 0 Å². The fourth-order valence-electron chi connectivity index (χ4n) is 1.08. The van der Waals surface area contributed by atoms with Crippen molar-refractivity contribution in [3.05, 3.63) is 48.2 Å². The van der Waals surface area contributed by atoms with Gasteiger partial charge in [0.25, 0.3) is 5.91 Å². The Morgan fingerprint density at radius 2 is 2.00 bits per heavy atom. The van der Waals surface area contributed by atoms with Crippen molar-refractivity contribution >= 4 is 5.91 Å². The molecule has 0 saturated heterocycles. The van der Waals surface area contributed by atoms with Gasteiger partial charge in [0.1, 0.15) is 0 Å². The molecule has 0 aliphatic carbocycles. The quantitative estimate of drug-likeness (QED) is 0.639. The maximum Gasteiger partial charge on any atom is 0.251 e. The van der Waals surface area contributed by atoms with Crippen LogP contribution in [0.3, 0.4) is 0 Å². The van der Waals surface area contributed by atoms with Crippen molar-refractivity contribution in [1.82, 2.24) is 10.6 Å². The monoisotopic (exact) mass is 278 g/mol. The molecule has 1 aromatic carbocycles. The minimum Gasteiger partial charge on any atom is -0.564 e. The van der Waals surface area contributed by atoms with E-state index in [1.807, 2.05) is 12.1 Å². The van der Waals surface area contributed by atoms with Gasteiger partial charge in [0.2, 0.25) is 0 Å². The number of benzene rings is 1. The fraction of sp³-hybridized carbons (Fsp3) is 0.182. The molecule has 3 nitrogen and oxygen atoms in total. The zero-order chi connectivity index (χ0) is 10.4. The van der Waals surface area contributed by atoms with Gasteiger partial charge in [0, 0.05) is 51.9 Å². The molecular weight excluding hydrogens is 265 g/mol. The molecule has 0 heterocycles. The van der Waals surface area contributed by atoms with Gasteiger partial charge in [-0.05, 0) is 17.7 Å². The molecule has 0 spiro atoms. The van der Waals surface area contributed by atoms with Crippen LogP contribution in [0.15, 0.2) is 30.8 Å². The van der Waals surface area contributed by atoms with E-state index in [1.165, 1.54) is 0 Å². The van der Waals surface area contributed by atoms with E-state index < -0.39 is 0 Å². The maximum absolute atomic E-state index is 11.2. The van der Waals surface area contributed by atoms with Crippen LogP contribution in [0.4, 0.5) is 0 Å². The summed E-state index contributed by atoms with van der Waals surface area (Å²) in [6.07, 6.45) is 2.59. The number of hydrogen-bond donors (Lipinski definition) is 2. The van der Waals surface area contributed by atoms with Gasteiger partial charge in [-0.1, -0.05) is 12.1 Å². The topological polar surface area (TPSA) is 41.1 Å². The van der Waals surface area contributed by atoms with Crippen LogP contribution in [0.5, 0.6) is 0 Å². The molecule has 0 unspecified atom stereocenters. The Labute approximate surface area is 115 Å². The van der Waals surface area contributed by atoms with Crippen LogP contribution >= 0.6 is 0 Å². The van der Waals surface area contributed by atoms with Crippen LogP contribution in [0, 0.1) is 6.20 Å². The molecule has 0 aliphatic rings. The van der Waals surface area contributed by atoms with Gasteiger partial charge in [-0.3, -0.25) is 11.4 Å². The van der Waals surface area contributed by atoms with Crippen LogP contribution in [0.25, 0.3) is 0 Å². The largest absolute Gasteiger partial charge is 0.564 e. The predicted molar refractivity (Wildman–Crippen MR) is 55.5 cm³/mol. The van der Waals surface area contributed by atoms with Gasteiger partial charge in [-0.15, -0.1) is 0 Å². The van der Waals surface area contributed by atoms with Crippen LogP contribution in [0.1, 0.15) is 15.9 Å². The SMILES string of the molecule is C=[C-]NCc1ccc(C(=O)NC)cc1.[Y]. The van der Waals surface area contributed by atoms with E-state index >= 15 is 0 Å². The van der Waals surface area contributed by atoms with Crippen molar-refractivity contribution in [2.45, 2.75) is 6.54 Å². The van der Waals surface area contributed by atoms with Crippen molar-refractivity contribution in [2.24, 2.45) is 0 Å². The summed E-state index contributed by atoms with van der Waals surface area (Å²) in [6.45, 7) is 4.11.